The number of benzene rings is 1. The van der Waals surface area contributed by atoms with Crippen LogP contribution in [0.15, 0.2) is 24.3 Å². The van der Waals surface area contributed by atoms with E-state index in [9.17, 15) is 9.59 Å². The second-order valence-corrected chi connectivity index (χ2v) is 5.49. The number of hydrogen-bond acceptors (Lipinski definition) is 4. The highest BCUT2D eigenvalue weighted by atomic mass is 16.6. The highest BCUT2D eigenvalue weighted by molar-refractivity contribution is 5.90. The molecule has 1 aromatic carbocycles. The van der Waals surface area contributed by atoms with Crippen molar-refractivity contribution in [1.29, 1.82) is 0 Å². The molecule has 0 aliphatic heterocycles. The van der Waals surface area contributed by atoms with Crippen LogP contribution in [0.3, 0.4) is 0 Å². The molecule has 0 saturated carbocycles. The molecule has 0 fully saturated rings. The summed E-state index contributed by atoms with van der Waals surface area (Å²) in [5.74, 6) is -1.12. The van der Waals surface area contributed by atoms with E-state index in [0.29, 0.717) is 12.1 Å². The average Bonchev–Trinajstić information content (AvgIpc) is 2.38. The Hall–Kier alpha value is -1.88. The summed E-state index contributed by atoms with van der Waals surface area (Å²) in [6, 6.07) is 6.75. The van der Waals surface area contributed by atoms with E-state index in [-0.39, 0.29) is 11.9 Å². The van der Waals surface area contributed by atoms with Crippen molar-refractivity contribution in [2.75, 3.05) is 13.7 Å². The fraction of sp³-hybridized carbons (Fsp3) is 0.467. The van der Waals surface area contributed by atoms with Crippen molar-refractivity contribution >= 4 is 11.9 Å². The van der Waals surface area contributed by atoms with E-state index in [4.69, 9.17) is 9.47 Å². The maximum atomic E-state index is 11.9. The van der Waals surface area contributed by atoms with Gasteiger partial charge in [0.15, 0.2) is 0 Å². The Morgan fingerprint density at radius 2 is 1.75 bits per heavy atom. The van der Waals surface area contributed by atoms with Gasteiger partial charge in [-0.25, -0.2) is 4.79 Å². The van der Waals surface area contributed by atoms with E-state index in [2.05, 4.69) is 5.73 Å². The fourth-order valence-electron chi connectivity index (χ4n) is 1.75. The van der Waals surface area contributed by atoms with Crippen molar-refractivity contribution in [2.45, 2.75) is 32.3 Å². The number of hydrogen-bond donors (Lipinski definition) is 1. The highest BCUT2D eigenvalue weighted by Crippen LogP contribution is 2.18. The van der Waals surface area contributed by atoms with E-state index in [1.54, 1.807) is 24.3 Å². The molecule has 0 aliphatic rings. The van der Waals surface area contributed by atoms with Crippen LogP contribution in [-0.2, 0) is 14.3 Å². The second-order valence-electron chi connectivity index (χ2n) is 5.49. The summed E-state index contributed by atoms with van der Waals surface area (Å²) in [4.78, 5) is 23.5. The van der Waals surface area contributed by atoms with Crippen molar-refractivity contribution in [3.63, 3.8) is 0 Å². The van der Waals surface area contributed by atoms with Crippen LogP contribution in [0.2, 0.25) is 0 Å². The van der Waals surface area contributed by atoms with Crippen LogP contribution in [0.5, 0.6) is 0 Å². The summed E-state index contributed by atoms with van der Waals surface area (Å²) in [5, 5.41) is 0. The van der Waals surface area contributed by atoms with E-state index >= 15 is 0 Å². The molecule has 0 aromatic heterocycles. The first-order valence-corrected chi connectivity index (χ1v) is 6.49. The number of carbonyl (C=O) groups excluding carboxylic acids is 2. The zero-order valence-electron chi connectivity index (χ0n) is 12.4. The Kier molecular flexibility index (Phi) is 5.27. The third-order valence-corrected chi connectivity index (χ3v) is 2.72. The molecule has 20 heavy (non-hydrogen) atoms. The number of carbonyl (C=O) groups is 2. The maximum Gasteiger partial charge on any atom is 0.338 e. The molecule has 1 atom stereocenters. The van der Waals surface area contributed by atoms with Gasteiger partial charge in [-0.05, 0) is 38.5 Å². The number of ether oxygens (including phenoxy) is 2. The summed E-state index contributed by atoms with van der Waals surface area (Å²) in [6.07, 6.45) is 0. The first kappa shape index (κ1) is 16.2. The van der Waals surface area contributed by atoms with E-state index in [1.165, 1.54) is 7.11 Å². The van der Waals surface area contributed by atoms with Crippen LogP contribution in [0.25, 0.3) is 0 Å². The van der Waals surface area contributed by atoms with Crippen LogP contribution in [0, 0.1) is 0 Å². The van der Waals surface area contributed by atoms with E-state index in [0.717, 1.165) is 5.56 Å². The van der Waals surface area contributed by atoms with Gasteiger partial charge in [-0.3, -0.25) is 4.79 Å². The van der Waals surface area contributed by atoms with Gasteiger partial charge < -0.3 is 15.2 Å². The summed E-state index contributed by atoms with van der Waals surface area (Å²) in [7, 11) is 1.35. The van der Waals surface area contributed by atoms with Crippen molar-refractivity contribution in [2.24, 2.45) is 0 Å². The molecule has 0 heterocycles. The molecule has 0 bridgehead atoms. The van der Waals surface area contributed by atoms with Crippen molar-refractivity contribution in [3.8, 4) is 0 Å². The van der Waals surface area contributed by atoms with Crippen LogP contribution in [0.1, 0.15) is 42.6 Å². The number of methoxy groups -OCH3 is 1. The average molecular weight is 280 g/mol. The van der Waals surface area contributed by atoms with Gasteiger partial charge in [0, 0.05) is 0 Å². The predicted octanol–water partition coefficient (Wildman–Crippen LogP) is 1.14. The minimum absolute atomic E-state index is 0.329. The maximum absolute atomic E-state index is 11.9. The Labute approximate surface area is 119 Å². The van der Waals surface area contributed by atoms with E-state index < -0.39 is 11.5 Å². The Bertz CT molecular complexity index is 474. The Morgan fingerprint density at radius 1 is 1.20 bits per heavy atom. The molecule has 110 valence electrons. The van der Waals surface area contributed by atoms with E-state index in [1.807, 2.05) is 20.8 Å². The van der Waals surface area contributed by atoms with Gasteiger partial charge in [-0.2, -0.15) is 0 Å². The molecular weight excluding hydrogens is 258 g/mol. The second kappa shape index (κ2) is 6.52. The summed E-state index contributed by atoms with van der Waals surface area (Å²) in [5.41, 5.74) is 4.45. The van der Waals surface area contributed by atoms with Gasteiger partial charge >= 0.3 is 11.9 Å². The summed E-state index contributed by atoms with van der Waals surface area (Å²) >= 11 is 0. The van der Waals surface area contributed by atoms with Gasteiger partial charge in [0.25, 0.3) is 0 Å². The van der Waals surface area contributed by atoms with Crippen LogP contribution >= 0.6 is 0 Å². The topological polar surface area (TPSA) is 80.2 Å². The highest BCUT2D eigenvalue weighted by Gasteiger charge is 2.23. The number of quaternary nitrogens is 1. The smallest absolute Gasteiger partial charge is 0.338 e. The molecule has 5 nitrogen and oxygen atoms in total. The molecular formula is C15H22NO4+. The molecule has 1 aromatic rings. The van der Waals surface area contributed by atoms with Gasteiger partial charge in [-0.1, -0.05) is 12.1 Å². The SMILES string of the molecule is COC(=O)C(C[NH3+])c1ccc(C(=O)OC(C)(C)C)cc1. The van der Waals surface area contributed by atoms with Gasteiger partial charge in [-0.15, -0.1) is 0 Å². The van der Waals surface area contributed by atoms with Crippen molar-refractivity contribution in [1.82, 2.24) is 0 Å². The minimum Gasteiger partial charge on any atom is -0.468 e. The van der Waals surface area contributed by atoms with Gasteiger partial charge in [0.1, 0.15) is 11.5 Å². The molecule has 0 saturated heterocycles. The quantitative estimate of drug-likeness (QED) is 0.839. The number of rotatable bonds is 4. The molecule has 0 radical (unpaired) electrons. The predicted molar refractivity (Wildman–Crippen MR) is 74.1 cm³/mol. The lowest BCUT2D eigenvalue weighted by atomic mass is 9.98. The standard InChI is InChI=1S/C15H21NO4/c1-15(2,3)20-13(17)11-7-5-10(6-8-11)12(9-16)14(18)19-4/h5-8,12H,9,16H2,1-4H3/p+1. The lowest BCUT2D eigenvalue weighted by molar-refractivity contribution is -0.370. The molecule has 0 amide bonds. The minimum atomic E-state index is -0.530. The van der Waals surface area contributed by atoms with Crippen molar-refractivity contribution in [3.05, 3.63) is 35.4 Å². The normalized spacial score (nSPS) is 12.7. The fourth-order valence-corrected chi connectivity index (χ4v) is 1.75. The third-order valence-electron chi connectivity index (χ3n) is 2.72. The first-order chi connectivity index (χ1) is 9.28. The molecule has 5 heteroatoms. The number of esters is 2. The molecule has 1 rings (SSSR count). The van der Waals surface area contributed by atoms with Crippen molar-refractivity contribution < 1.29 is 24.8 Å². The molecule has 0 spiro atoms. The van der Waals surface area contributed by atoms with Gasteiger partial charge in [0.05, 0.1) is 19.2 Å². The molecule has 1 unspecified atom stereocenters. The largest absolute Gasteiger partial charge is 0.468 e. The summed E-state index contributed by atoms with van der Waals surface area (Å²) in [6.45, 7) is 5.85. The Morgan fingerprint density at radius 3 is 2.15 bits per heavy atom. The Balaban J connectivity index is 2.88. The van der Waals surface area contributed by atoms with Crippen LogP contribution in [-0.4, -0.2) is 31.2 Å². The van der Waals surface area contributed by atoms with Crippen LogP contribution < -0.4 is 5.73 Å². The lowest BCUT2D eigenvalue weighted by Gasteiger charge is -2.19. The summed E-state index contributed by atoms with van der Waals surface area (Å²) < 4.78 is 10.0. The third kappa shape index (κ3) is 4.35. The zero-order valence-corrected chi connectivity index (χ0v) is 12.4. The lowest BCUT2D eigenvalue weighted by Crippen LogP contribution is -2.54. The van der Waals surface area contributed by atoms with Gasteiger partial charge in [0.2, 0.25) is 0 Å². The van der Waals surface area contributed by atoms with Crippen LogP contribution in [0.4, 0.5) is 0 Å². The molecule has 0 aliphatic carbocycles. The monoisotopic (exact) mass is 280 g/mol. The molecule has 3 N–H and O–H groups in total. The zero-order chi connectivity index (χ0) is 15.3. The first-order valence-electron chi connectivity index (χ1n) is 6.49.